The summed E-state index contributed by atoms with van der Waals surface area (Å²) in [5.74, 6) is -0.152. The molecule has 0 saturated carbocycles. The standard InChI is InChI=1S/C22H32N7O5P/c1-14(10-29-12-26-18-19(23)24-11-25-20(18)29)34-13-35(32,28-22(3,4)21(30)31)27-15(2)16-6-8-17(33-5)9-7-16/h6-9,11-12,14-15H,10,13H2,1-5H3,(H,30,31)(H2,23,24,25)(H2,27,28,32)/t14?,15-,35?/m0/s1. The third-order valence-electron chi connectivity index (χ3n) is 5.44. The van der Waals surface area contributed by atoms with Gasteiger partial charge in [-0.25, -0.2) is 25.1 Å². The van der Waals surface area contributed by atoms with Gasteiger partial charge in [-0.1, -0.05) is 12.1 Å². The Bertz CT molecular complexity index is 1210. The van der Waals surface area contributed by atoms with E-state index in [0.717, 1.165) is 5.56 Å². The van der Waals surface area contributed by atoms with Crippen LogP contribution in [0, 0.1) is 0 Å². The first-order valence-corrected chi connectivity index (χ1v) is 12.9. The Morgan fingerprint density at radius 3 is 2.54 bits per heavy atom. The number of carboxylic acids is 1. The van der Waals surface area contributed by atoms with Crippen molar-refractivity contribution in [2.45, 2.75) is 51.9 Å². The van der Waals surface area contributed by atoms with E-state index >= 15 is 0 Å². The van der Waals surface area contributed by atoms with Crippen LogP contribution in [0.4, 0.5) is 5.82 Å². The number of carboxylic acid groups (broad SMARTS) is 1. The quantitative estimate of drug-likeness (QED) is 0.267. The number of nitrogens with two attached hydrogens (primary N) is 1. The first-order chi connectivity index (χ1) is 16.4. The van der Waals surface area contributed by atoms with E-state index in [0.29, 0.717) is 23.5 Å². The normalized spacial score (nSPS) is 15.5. The summed E-state index contributed by atoms with van der Waals surface area (Å²) in [5, 5.41) is 15.4. The van der Waals surface area contributed by atoms with Gasteiger partial charge in [-0.15, -0.1) is 0 Å². The van der Waals surface area contributed by atoms with E-state index < -0.39 is 25.1 Å². The number of anilines is 1. The van der Waals surface area contributed by atoms with Crippen LogP contribution in [0.15, 0.2) is 36.9 Å². The van der Waals surface area contributed by atoms with E-state index in [9.17, 15) is 14.5 Å². The van der Waals surface area contributed by atoms with Crippen molar-refractivity contribution in [1.29, 1.82) is 0 Å². The molecule has 2 aromatic heterocycles. The van der Waals surface area contributed by atoms with Crippen LogP contribution >= 0.6 is 7.44 Å². The van der Waals surface area contributed by atoms with Crippen molar-refractivity contribution in [3.8, 4) is 5.75 Å². The van der Waals surface area contributed by atoms with Crippen LogP contribution in [0.25, 0.3) is 11.2 Å². The second kappa shape index (κ2) is 10.7. The Balaban J connectivity index is 1.74. The van der Waals surface area contributed by atoms with Gasteiger partial charge < -0.3 is 24.9 Å². The summed E-state index contributed by atoms with van der Waals surface area (Å²) >= 11 is 0. The van der Waals surface area contributed by atoms with Gasteiger partial charge in [-0.05, 0) is 45.4 Å². The highest BCUT2D eigenvalue weighted by Gasteiger charge is 2.37. The zero-order valence-electron chi connectivity index (χ0n) is 20.4. The fraction of sp³-hybridized carbons (Fsp3) is 0.455. The predicted octanol–water partition coefficient (Wildman–Crippen LogP) is 2.78. The Morgan fingerprint density at radius 2 is 1.91 bits per heavy atom. The molecule has 0 fully saturated rings. The van der Waals surface area contributed by atoms with E-state index in [1.807, 2.05) is 26.0 Å². The van der Waals surface area contributed by atoms with Crippen LogP contribution in [0.5, 0.6) is 5.75 Å². The number of nitrogens with one attached hydrogen (secondary N) is 2. The minimum atomic E-state index is -3.54. The van der Waals surface area contributed by atoms with Crippen molar-refractivity contribution in [3.05, 3.63) is 42.5 Å². The van der Waals surface area contributed by atoms with Gasteiger partial charge in [-0.3, -0.25) is 9.36 Å². The number of ether oxygens (including phenoxy) is 2. The van der Waals surface area contributed by atoms with Crippen molar-refractivity contribution in [2.75, 3.05) is 19.2 Å². The van der Waals surface area contributed by atoms with Crippen molar-refractivity contribution in [2.24, 2.45) is 0 Å². The average Bonchev–Trinajstić information content (AvgIpc) is 3.21. The Labute approximate surface area is 203 Å². The topological polar surface area (TPSA) is 167 Å². The summed E-state index contributed by atoms with van der Waals surface area (Å²) in [5.41, 5.74) is 6.30. The summed E-state index contributed by atoms with van der Waals surface area (Å²) in [6, 6.07) is 6.95. The molecule has 35 heavy (non-hydrogen) atoms. The molecule has 0 aliphatic heterocycles. The minimum absolute atomic E-state index is 0.241. The number of imidazole rings is 1. The molecule has 0 radical (unpaired) electrons. The smallest absolute Gasteiger partial charge is 0.323 e. The van der Waals surface area contributed by atoms with Gasteiger partial charge in [0.1, 0.15) is 29.5 Å². The number of nitrogen functional groups attached to an aromatic ring is 1. The number of nitrogens with zero attached hydrogens (tertiary/aromatic N) is 4. The molecule has 5 N–H and O–H groups in total. The van der Waals surface area contributed by atoms with E-state index in [1.165, 1.54) is 20.2 Å². The van der Waals surface area contributed by atoms with Crippen LogP contribution in [0.1, 0.15) is 39.3 Å². The van der Waals surface area contributed by atoms with Gasteiger partial charge in [0.2, 0.25) is 7.44 Å². The number of rotatable bonds is 12. The molecule has 0 amide bonds. The maximum absolute atomic E-state index is 13.9. The monoisotopic (exact) mass is 505 g/mol. The number of hydrogen-bond acceptors (Lipinski definition) is 8. The molecular weight excluding hydrogens is 473 g/mol. The maximum atomic E-state index is 13.9. The molecule has 190 valence electrons. The van der Waals surface area contributed by atoms with Gasteiger partial charge in [0.05, 0.1) is 26.1 Å². The Morgan fingerprint density at radius 1 is 1.23 bits per heavy atom. The molecule has 13 heteroatoms. The largest absolute Gasteiger partial charge is 0.497 e. The highest BCUT2D eigenvalue weighted by molar-refractivity contribution is 7.59. The molecule has 12 nitrogen and oxygen atoms in total. The lowest BCUT2D eigenvalue weighted by molar-refractivity contribution is -0.142. The third kappa shape index (κ3) is 6.55. The molecule has 2 unspecified atom stereocenters. The Hall–Kier alpha value is -3.05. The second-order valence-electron chi connectivity index (χ2n) is 8.84. The molecule has 3 aromatic rings. The molecule has 3 rings (SSSR count). The van der Waals surface area contributed by atoms with Gasteiger partial charge >= 0.3 is 5.97 Å². The van der Waals surface area contributed by atoms with Crippen molar-refractivity contribution < 1.29 is 23.9 Å². The number of methoxy groups -OCH3 is 1. The highest BCUT2D eigenvalue weighted by atomic mass is 31.2. The predicted molar refractivity (Wildman–Crippen MR) is 132 cm³/mol. The lowest BCUT2D eigenvalue weighted by atomic mass is 10.1. The lowest BCUT2D eigenvalue weighted by Crippen LogP contribution is -2.47. The molecule has 2 heterocycles. The van der Waals surface area contributed by atoms with E-state index in [1.54, 1.807) is 30.1 Å². The van der Waals surface area contributed by atoms with Gasteiger partial charge in [-0.2, -0.15) is 0 Å². The molecule has 1 aromatic carbocycles. The molecule has 0 aliphatic rings. The van der Waals surface area contributed by atoms with Crippen LogP contribution in [0.3, 0.4) is 0 Å². The summed E-state index contributed by atoms with van der Waals surface area (Å²) in [6.07, 6.45) is 2.31. The Kier molecular flexibility index (Phi) is 8.11. The number of benzene rings is 1. The summed E-state index contributed by atoms with van der Waals surface area (Å²) in [6.45, 7) is 6.92. The molecular formula is C22H32N7O5P. The summed E-state index contributed by atoms with van der Waals surface area (Å²) < 4.78 is 26.8. The van der Waals surface area contributed by atoms with Gasteiger partial charge in [0.25, 0.3) is 0 Å². The molecule has 0 aliphatic carbocycles. The minimum Gasteiger partial charge on any atom is -0.497 e. The van der Waals surface area contributed by atoms with Crippen LogP contribution < -0.4 is 20.6 Å². The number of fused-ring (bicyclic) bond motifs is 1. The number of hydrogen-bond donors (Lipinski definition) is 4. The van der Waals surface area contributed by atoms with Gasteiger partial charge in [0.15, 0.2) is 11.5 Å². The molecule has 0 spiro atoms. The third-order valence-corrected chi connectivity index (χ3v) is 7.67. The second-order valence-corrected chi connectivity index (χ2v) is 11.1. The maximum Gasteiger partial charge on any atom is 0.323 e. The van der Waals surface area contributed by atoms with E-state index in [4.69, 9.17) is 15.2 Å². The van der Waals surface area contributed by atoms with Gasteiger partial charge in [0, 0.05) is 6.04 Å². The SMILES string of the molecule is COc1ccc([C@H](C)NP(=O)(COC(C)Cn2cnc3c(N)ncnc32)NC(C)(C)C(=O)O)cc1. The first kappa shape index (κ1) is 26.6. The number of aromatic nitrogens is 4. The van der Waals surface area contributed by atoms with Crippen molar-refractivity contribution in [1.82, 2.24) is 29.7 Å². The number of carbonyl (C=O) groups is 1. The zero-order valence-corrected chi connectivity index (χ0v) is 21.3. The molecule has 0 saturated heterocycles. The fourth-order valence-corrected chi connectivity index (χ4v) is 5.92. The highest BCUT2D eigenvalue weighted by Crippen LogP contribution is 2.42. The van der Waals surface area contributed by atoms with Crippen molar-refractivity contribution >= 4 is 30.4 Å². The summed E-state index contributed by atoms with van der Waals surface area (Å²) in [4.78, 5) is 24.1. The number of aliphatic carboxylic acids is 1. The first-order valence-electron chi connectivity index (χ1n) is 11.0. The van der Waals surface area contributed by atoms with Crippen LogP contribution in [-0.2, 0) is 20.6 Å². The fourth-order valence-electron chi connectivity index (χ4n) is 3.48. The zero-order chi connectivity index (χ0) is 25.8. The van der Waals surface area contributed by atoms with E-state index in [2.05, 4.69) is 25.1 Å². The summed E-state index contributed by atoms with van der Waals surface area (Å²) in [7, 11) is -1.96. The molecule has 0 bridgehead atoms. The lowest BCUT2D eigenvalue weighted by Gasteiger charge is -2.32. The van der Waals surface area contributed by atoms with E-state index in [-0.39, 0.29) is 18.2 Å². The van der Waals surface area contributed by atoms with Crippen LogP contribution in [-0.4, -0.2) is 55.7 Å². The van der Waals surface area contributed by atoms with Crippen molar-refractivity contribution in [3.63, 3.8) is 0 Å². The molecule has 3 atom stereocenters. The average molecular weight is 506 g/mol. The van der Waals surface area contributed by atoms with Crippen LogP contribution in [0.2, 0.25) is 0 Å².